The first kappa shape index (κ1) is 22.7. The molecule has 0 radical (unpaired) electrons. The zero-order chi connectivity index (χ0) is 21.8. The van der Waals surface area contributed by atoms with E-state index in [1.807, 2.05) is 52.8 Å². The minimum Gasteiger partial charge on any atom is -0.444 e. The Kier molecular flexibility index (Phi) is 6.93. The van der Waals surface area contributed by atoms with Gasteiger partial charge in [-0.3, -0.25) is 9.59 Å². The second-order valence-corrected chi connectivity index (χ2v) is 9.22. The molecular formula is C22H33N3O4. The van der Waals surface area contributed by atoms with E-state index >= 15 is 0 Å². The molecule has 3 amide bonds. The Bertz CT molecular complexity index is 768. The van der Waals surface area contributed by atoms with Crippen LogP contribution in [0.15, 0.2) is 24.3 Å². The first-order valence-electron chi connectivity index (χ1n) is 10.1. The van der Waals surface area contributed by atoms with E-state index in [4.69, 9.17) is 10.5 Å². The molecule has 1 aromatic carbocycles. The fourth-order valence-electron chi connectivity index (χ4n) is 3.65. The van der Waals surface area contributed by atoms with Gasteiger partial charge in [-0.2, -0.15) is 0 Å². The highest BCUT2D eigenvalue weighted by Crippen LogP contribution is 2.34. The molecule has 29 heavy (non-hydrogen) atoms. The van der Waals surface area contributed by atoms with Gasteiger partial charge in [0.2, 0.25) is 5.91 Å². The summed E-state index contributed by atoms with van der Waals surface area (Å²) in [6, 6.07) is 6.70. The Balaban J connectivity index is 2.00. The second-order valence-electron chi connectivity index (χ2n) is 9.22. The Hall–Kier alpha value is -2.57. The minimum absolute atomic E-state index is 0.105. The molecule has 3 N–H and O–H groups in total. The van der Waals surface area contributed by atoms with Crippen LogP contribution >= 0.6 is 0 Å². The zero-order valence-corrected chi connectivity index (χ0v) is 18.1. The van der Waals surface area contributed by atoms with Crippen LogP contribution in [0.4, 0.5) is 4.79 Å². The lowest BCUT2D eigenvalue weighted by Gasteiger charge is -2.29. The monoisotopic (exact) mass is 403 g/mol. The standard InChI is InChI=1S/C22H33N3O4/c1-21(2,3)24-18(26)17-15-11-7-8-12-16(15)19(27)25(17)14-10-6-9-13-22(4,5)29-20(23)28/h7-8,11-12,17H,6,9-10,13-14H2,1-5H3,(H2,23,28)(H,24,26). The van der Waals surface area contributed by atoms with Crippen LogP contribution in [0.2, 0.25) is 0 Å². The number of nitrogens with one attached hydrogen (secondary N) is 1. The molecule has 160 valence electrons. The topological polar surface area (TPSA) is 102 Å². The van der Waals surface area contributed by atoms with Gasteiger partial charge in [-0.05, 0) is 65.5 Å². The second kappa shape index (κ2) is 8.84. The highest BCUT2D eigenvalue weighted by Gasteiger charge is 2.41. The van der Waals surface area contributed by atoms with Crippen molar-refractivity contribution in [2.75, 3.05) is 6.54 Å². The molecular weight excluding hydrogens is 370 g/mol. The third kappa shape index (κ3) is 6.21. The zero-order valence-electron chi connectivity index (χ0n) is 18.1. The van der Waals surface area contributed by atoms with Gasteiger partial charge in [-0.1, -0.05) is 24.6 Å². The van der Waals surface area contributed by atoms with Gasteiger partial charge in [0.15, 0.2) is 0 Å². The average molecular weight is 404 g/mol. The maximum absolute atomic E-state index is 12.9. The van der Waals surface area contributed by atoms with E-state index in [2.05, 4.69) is 5.32 Å². The van der Waals surface area contributed by atoms with E-state index in [0.29, 0.717) is 18.5 Å². The summed E-state index contributed by atoms with van der Waals surface area (Å²) >= 11 is 0. The predicted octanol–water partition coefficient (Wildman–Crippen LogP) is 3.53. The number of benzene rings is 1. The number of ether oxygens (including phenoxy) is 1. The Morgan fingerprint density at radius 3 is 2.38 bits per heavy atom. The largest absolute Gasteiger partial charge is 0.444 e. The third-order valence-electron chi connectivity index (χ3n) is 4.86. The van der Waals surface area contributed by atoms with Crippen molar-refractivity contribution in [2.24, 2.45) is 5.73 Å². The minimum atomic E-state index is -0.775. The molecule has 7 heteroatoms. The van der Waals surface area contributed by atoms with Crippen LogP contribution in [0.1, 0.15) is 82.3 Å². The molecule has 1 aliphatic rings. The van der Waals surface area contributed by atoms with Crippen LogP contribution < -0.4 is 11.1 Å². The summed E-state index contributed by atoms with van der Waals surface area (Å²) in [5.41, 5.74) is 5.46. The summed E-state index contributed by atoms with van der Waals surface area (Å²) in [5, 5.41) is 3.00. The van der Waals surface area contributed by atoms with E-state index < -0.39 is 17.7 Å². The number of primary amides is 1. The molecule has 1 atom stereocenters. The number of carbonyl (C=O) groups is 3. The first-order valence-corrected chi connectivity index (χ1v) is 10.1. The Labute approximate surface area is 173 Å². The Morgan fingerprint density at radius 2 is 1.76 bits per heavy atom. The summed E-state index contributed by atoms with van der Waals surface area (Å²) in [7, 11) is 0. The van der Waals surface area contributed by atoms with Crippen LogP contribution in [0.5, 0.6) is 0 Å². The van der Waals surface area contributed by atoms with Crippen LogP contribution in [0.3, 0.4) is 0 Å². The molecule has 7 nitrogen and oxygen atoms in total. The maximum atomic E-state index is 12.9. The van der Waals surface area contributed by atoms with Crippen LogP contribution in [-0.2, 0) is 9.53 Å². The molecule has 0 spiro atoms. The quantitative estimate of drug-likeness (QED) is 0.648. The molecule has 1 aliphatic heterocycles. The summed E-state index contributed by atoms with van der Waals surface area (Å²) in [5.74, 6) is -0.265. The summed E-state index contributed by atoms with van der Waals surface area (Å²) in [6.45, 7) is 9.92. The number of carbonyl (C=O) groups excluding carboxylic acids is 3. The van der Waals surface area contributed by atoms with Gasteiger partial charge in [-0.15, -0.1) is 0 Å². The van der Waals surface area contributed by atoms with Crippen molar-refractivity contribution in [3.63, 3.8) is 0 Å². The van der Waals surface area contributed by atoms with E-state index in [0.717, 1.165) is 24.8 Å². The van der Waals surface area contributed by atoms with Crippen molar-refractivity contribution in [1.29, 1.82) is 0 Å². The van der Waals surface area contributed by atoms with Gasteiger partial charge in [0.1, 0.15) is 11.6 Å². The molecule has 0 saturated carbocycles. The number of fused-ring (bicyclic) bond motifs is 1. The van der Waals surface area contributed by atoms with E-state index in [1.165, 1.54) is 0 Å². The van der Waals surface area contributed by atoms with Crippen molar-refractivity contribution in [1.82, 2.24) is 10.2 Å². The molecule has 1 heterocycles. The lowest BCUT2D eigenvalue weighted by atomic mass is 10.00. The van der Waals surface area contributed by atoms with Crippen molar-refractivity contribution in [3.8, 4) is 0 Å². The van der Waals surface area contributed by atoms with E-state index in [-0.39, 0.29) is 17.4 Å². The highest BCUT2D eigenvalue weighted by molar-refractivity contribution is 6.04. The van der Waals surface area contributed by atoms with E-state index in [1.54, 1.807) is 11.0 Å². The van der Waals surface area contributed by atoms with Crippen molar-refractivity contribution < 1.29 is 19.1 Å². The summed E-state index contributed by atoms with van der Waals surface area (Å²) < 4.78 is 5.09. The fraction of sp³-hybridized carbons (Fsp3) is 0.591. The number of rotatable bonds is 8. The van der Waals surface area contributed by atoms with Gasteiger partial charge in [0.05, 0.1) is 0 Å². The molecule has 0 saturated heterocycles. The van der Waals surface area contributed by atoms with Gasteiger partial charge in [-0.25, -0.2) is 4.79 Å². The van der Waals surface area contributed by atoms with Crippen molar-refractivity contribution >= 4 is 17.9 Å². The van der Waals surface area contributed by atoms with Gasteiger partial charge in [0, 0.05) is 17.6 Å². The molecule has 1 unspecified atom stereocenters. The van der Waals surface area contributed by atoms with Crippen LogP contribution in [0, 0.1) is 0 Å². The number of unbranched alkanes of at least 4 members (excludes halogenated alkanes) is 2. The third-order valence-corrected chi connectivity index (χ3v) is 4.86. The summed E-state index contributed by atoms with van der Waals surface area (Å²) in [6.07, 6.45) is 2.33. The summed E-state index contributed by atoms with van der Waals surface area (Å²) in [4.78, 5) is 38.4. The van der Waals surface area contributed by atoms with E-state index in [9.17, 15) is 14.4 Å². The maximum Gasteiger partial charge on any atom is 0.405 e. The van der Waals surface area contributed by atoms with Crippen molar-refractivity contribution in [2.45, 2.75) is 77.5 Å². The SMILES string of the molecule is CC(C)(C)NC(=O)C1c2ccccc2C(=O)N1CCCCCC(C)(C)OC(N)=O. The molecule has 0 fully saturated rings. The van der Waals surface area contributed by atoms with Crippen LogP contribution in [-0.4, -0.2) is 40.5 Å². The molecule has 0 bridgehead atoms. The molecule has 0 aliphatic carbocycles. The first-order chi connectivity index (χ1) is 13.4. The van der Waals surface area contributed by atoms with Gasteiger partial charge in [0.25, 0.3) is 5.91 Å². The predicted molar refractivity (Wildman–Crippen MR) is 111 cm³/mol. The smallest absolute Gasteiger partial charge is 0.405 e. The average Bonchev–Trinajstić information content (AvgIpc) is 2.84. The van der Waals surface area contributed by atoms with Crippen LogP contribution in [0.25, 0.3) is 0 Å². The normalized spacial score (nSPS) is 16.5. The number of nitrogens with zero attached hydrogens (tertiary/aromatic N) is 1. The van der Waals surface area contributed by atoms with Gasteiger partial charge < -0.3 is 20.7 Å². The molecule has 2 rings (SSSR count). The number of amides is 3. The van der Waals surface area contributed by atoms with Gasteiger partial charge >= 0.3 is 6.09 Å². The lowest BCUT2D eigenvalue weighted by Crippen LogP contribution is -2.47. The number of nitrogens with two attached hydrogens (primary N) is 1. The highest BCUT2D eigenvalue weighted by atomic mass is 16.6. The number of hydrogen-bond acceptors (Lipinski definition) is 4. The fourth-order valence-corrected chi connectivity index (χ4v) is 3.65. The lowest BCUT2D eigenvalue weighted by molar-refractivity contribution is -0.127. The Morgan fingerprint density at radius 1 is 1.10 bits per heavy atom. The molecule has 0 aromatic heterocycles. The number of hydrogen-bond donors (Lipinski definition) is 2. The molecule has 1 aromatic rings. The van der Waals surface area contributed by atoms with Crippen molar-refractivity contribution in [3.05, 3.63) is 35.4 Å².